The van der Waals surface area contributed by atoms with Crippen LogP contribution in [-0.2, 0) is 9.59 Å². The third-order valence-corrected chi connectivity index (χ3v) is 9.01. The smallest absolute Gasteiger partial charge is 0.238 e. The number of rotatable bonds is 1. The van der Waals surface area contributed by atoms with Gasteiger partial charge in [-0.1, -0.05) is 49.5 Å². The molecule has 1 aromatic rings. The van der Waals surface area contributed by atoms with Gasteiger partial charge in [0, 0.05) is 14.7 Å². The molecule has 1 aliphatic heterocycles. The average Bonchev–Trinajstić information content (AvgIpc) is 3.08. The summed E-state index contributed by atoms with van der Waals surface area (Å²) in [4.78, 5) is 27.6. The van der Waals surface area contributed by atoms with Crippen molar-refractivity contribution in [3.8, 4) is 0 Å². The number of carbonyl (C=O) groups is 2. The summed E-state index contributed by atoms with van der Waals surface area (Å²) in [7, 11) is 0. The monoisotopic (exact) mass is 445 g/mol. The number of anilines is 1. The Morgan fingerprint density at radius 1 is 1.09 bits per heavy atom. The molecule has 0 unspecified atom stereocenters. The summed E-state index contributed by atoms with van der Waals surface area (Å²) < 4.78 is 0. The summed E-state index contributed by atoms with van der Waals surface area (Å²) >= 11 is 13.5. The number of imide groups is 1. The number of fused-ring (bicyclic) bond motifs is 5. The highest BCUT2D eigenvalue weighted by molar-refractivity contribution is 9.12. The minimum atomic E-state index is -0.184. The van der Waals surface area contributed by atoms with Gasteiger partial charge in [-0.05, 0) is 42.9 Å². The van der Waals surface area contributed by atoms with Crippen LogP contribution in [0.15, 0.2) is 18.2 Å². The van der Waals surface area contributed by atoms with Crippen LogP contribution in [0.4, 0.5) is 5.69 Å². The Labute approximate surface area is 150 Å². The molecule has 2 amide bonds. The van der Waals surface area contributed by atoms with E-state index in [-0.39, 0.29) is 45.1 Å². The van der Waals surface area contributed by atoms with Gasteiger partial charge in [-0.25, -0.2) is 4.90 Å². The lowest BCUT2D eigenvalue weighted by Gasteiger charge is -2.28. The molecule has 3 nitrogen and oxygen atoms in total. The van der Waals surface area contributed by atoms with Gasteiger partial charge in [0.25, 0.3) is 0 Å². The maximum absolute atomic E-state index is 12.9. The molecular weight excluding hydrogens is 433 g/mol. The van der Waals surface area contributed by atoms with E-state index in [0.717, 1.165) is 12.0 Å². The number of alkyl halides is 2. The lowest BCUT2D eigenvalue weighted by Crippen LogP contribution is -2.37. The van der Waals surface area contributed by atoms with Crippen LogP contribution in [0.1, 0.15) is 12.0 Å². The van der Waals surface area contributed by atoms with Gasteiger partial charge in [0.2, 0.25) is 11.8 Å². The van der Waals surface area contributed by atoms with Crippen LogP contribution < -0.4 is 4.90 Å². The number of carbonyl (C=O) groups excluding carboxylic acids is 2. The Kier molecular flexibility index (Phi) is 3.48. The van der Waals surface area contributed by atoms with E-state index in [4.69, 9.17) is 11.6 Å². The van der Waals surface area contributed by atoms with Gasteiger partial charge < -0.3 is 0 Å². The van der Waals surface area contributed by atoms with Crippen LogP contribution in [0.2, 0.25) is 5.02 Å². The third-order valence-electron chi connectivity index (χ3n) is 5.40. The summed E-state index contributed by atoms with van der Waals surface area (Å²) in [6, 6.07) is 5.37. The van der Waals surface area contributed by atoms with Crippen LogP contribution in [0.5, 0.6) is 0 Å². The van der Waals surface area contributed by atoms with Crippen molar-refractivity contribution >= 4 is 61.0 Å². The van der Waals surface area contributed by atoms with Gasteiger partial charge in [0.15, 0.2) is 0 Å². The number of halogens is 3. The molecule has 1 saturated heterocycles. The highest BCUT2D eigenvalue weighted by Crippen LogP contribution is 2.60. The van der Waals surface area contributed by atoms with Crippen molar-refractivity contribution in [3.63, 3.8) is 0 Å². The fourth-order valence-electron chi connectivity index (χ4n) is 4.32. The van der Waals surface area contributed by atoms with E-state index in [9.17, 15) is 9.59 Å². The molecule has 0 radical (unpaired) electrons. The highest BCUT2D eigenvalue weighted by atomic mass is 79.9. The number of aryl methyl sites for hydroxylation is 1. The fraction of sp³-hybridized carbons (Fsp3) is 0.500. The Balaban J connectivity index is 1.74. The van der Waals surface area contributed by atoms with Gasteiger partial charge in [-0.2, -0.15) is 0 Å². The zero-order valence-electron chi connectivity index (χ0n) is 11.8. The van der Waals surface area contributed by atoms with Crippen molar-refractivity contribution in [3.05, 3.63) is 28.8 Å². The second-order valence-electron chi connectivity index (χ2n) is 6.45. The molecule has 3 aliphatic rings. The topological polar surface area (TPSA) is 37.4 Å². The van der Waals surface area contributed by atoms with Crippen molar-refractivity contribution in [2.75, 3.05) is 4.90 Å². The standard InChI is InChI=1S/C16H14Br2ClNO2/c1-6-2-3-7(4-10(6)19)20-15(21)11-8-5-9(12(11)16(20)22)14(18)13(8)17/h2-4,8-9,11-14H,5H2,1H3/t8-,9-,11-,12+,13-,14+/m1/s1. The Hall–Kier alpha value is -0.390. The van der Waals surface area contributed by atoms with E-state index in [1.54, 1.807) is 12.1 Å². The van der Waals surface area contributed by atoms with E-state index >= 15 is 0 Å². The average molecular weight is 448 g/mol. The molecule has 2 aliphatic carbocycles. The second kappa shape index (κ2) is 5.05. The number of benzene rings is 1. The summed E-state index contributed by atoms with van der Waals surface area (Å²) in [5.41, 5.74) is 1.53. The number of hydrogen-bond acceptors (Lipinski definition) is 2. The first-order valence-electron chi connectivity index (χ1n) is 7.34. The maximum atomic E-state index is 12.9. The summed E-state index contributed by atoms with van der Waals surface area (Å²) in [5.74, 6) is -0.0208. The molecule has 22 heavy (non-hydrogen) atoms. The number of amides is 2. The van der Waals surface area contributed by atoms with Gasteiger partial charge in [0.05, 0.1) is 17.5 Å². The zero-order chi connectivity index (χ0) is 15.8. The number of nitrogens with zero attached hydrogens (tertiary/aromatic N) is 1. The normalized spacial score (nSPS) is 39.7. The van der Waals surface area contributed by atoms with Gasteiger partial charge in [-0.3, -0.25) is 9.59 Å². The van der Waals surface area contributed by atoms with Crippen LogP contribution in [-0.4, -0.2) is 21.5 Å². The van der Waals surface area contributed by atoms with Crippen molar-refractivity contribution in [1.29, 1.82) is 0 Å². The van der Waals surface area contributed by atoms with E-state index < -0.39 is 0 Å². The Bertz CT molecular complexity index is 663. The molecule has 2 saturated carbocycles. The first-order valence-corrected chi connectivity index (χ1v) is 9.55. The molecule has 116 valence electrons. The molecule has 4 rings (SSSR count). The second-order valence-corrected chi connectivity index (χ2v) is 8.97. The van der Waals surface area contributed by atoms with Gasteiger partial charge in [0.1, 0.15) is 0 Å². The van der Waals surface area contributed by atoms with E-state index in [1.165, 1.54) is 4.90 Å². The molecule has 0 N–H and O–H groups in total. The van der Waals surface area contributed by atoms with Crippen molar-refractivity contribution < 1.29 is 9.59 Å². The molecule has 6 atom stereocenters. The van der Waals surface area contributed by atoms with E-state index in [0.29, 0.717) is 10.7 Å². The van der Waals surface area contributed by atoms with Crippen LogP contribution in [0.25, 0.3) is 0 Å². The minimum Gasteiger partial charge on any atom is -0.274 e. The summed E-state index contributed by atoms with van der Waals surface area (Å²) in [6.07, 6.45) is 0.946. The Morgan fingerprint density at radius 3 is 2.14 bits per heavy atom. The Morgan fingerprint density at radius 2 is 1.64 bits per heavy atom. The highest BCUT2D eigenvalue weighted by Gasteiger charge is 2.66. The molecule has 0 aromatic heterocycles. The fourth-order valence-corrected chi connectivity index (χ4v) is 6.37. The summed E-state index contributed by atoms with van der Waals surface area (Å²) in [6.45, 7) is 1.90. The van der Waals surface area contributed by atoms with Crippen molar-refractivity contribution in [1.82, 2.24) is 0 Å². The molecule has 6 heteroatoms. The van der Waals surface area contributed by atoms with Gasteiger partial charge in [-0.15, -0.1) is 0 Å². The molecule has 3 fully saturated rings. The quantitative estimate of drug-likeness (QED) is 0.483. The predicted octanol–water partition coefficient (Wildman–Crippen LogP) is 3.93. The number of hydrogen-bond donors (Lipinski definition) is 0. The van der Waals surface area contributed by atoms with Gasteiger partial charge >= 0.3 is 0 Å². The largest absolute Gasteiger partial charge is 0.274 e. The predicted molar refractivity (Wildman–Crippen MR) is 92.7 cm³/mol. The van der Waals surface area contributed by atoms with E-state index in [2.05, 4.69) is 31.9 Å². The lowest BCUT2D eigenvalue weighted by atomic mass is 9.81. The molecular formula is C16H14Br2ClNO2. The van der Waals surface area contributed by atoms with Crippen molar-refractivity contribution in [2.24, 2.45) is 23.7 Å². The first-order chi connectivity index (χ1) is 10.4. The molecule has 1 heterocycles. The SMILES string of the molecule is Cc1ccc(N2C(=O)[C@@H]3[C@H]4C[C@@H]([C@H](Br)[C@@H]4Br)[C@@H]3C2=O)cc1Cl. The minimum absolute atomic E-state index is 0.0636. The maximum Gasteiger partial charge on any atom is 0.238 e. The summed E-state index contributed by atoms with van der Waals surface area (Å²) in [5, 5.41) is 0.579. The lowest BCUT2D eigenvalue weighted by molar-refractivity contribution is -0.123. The third kappa shape index (κ3) is 1.85. The van der Waals surface area contributed by atoms with E-state index in [1.807, 2.05) is 13.0 Å². The first kappa shape index (κ1) is 15.2. The van der Waals surface area contributed by atoms with Crippen molar-refractivity contribution in [2.45, 2.75) is 23.0 Å². The van der Waals surface area contributed by atoms with Crippen LogP contribution in [0.3, 0.4) is 0 Å². The van der Waals surface area contributed by atoms with Crippen LogP contribution >= 0.6 is 43.5 Å². The van der Waals surface area contributed by atoms with Crippen LogP contribution in [0, 0.1) is 30.6 Å². The molecule has 1 aromatic carbocycles. The molecule has 2 bridgehead atoms. The molecule has 0 spiro atoms. The zero-order valence-corrected chi connectivity index (χ0v) is 15.7.